The third kappa shape index (κ3) is 5.51. The Hall–Kier alpha value is -3.70. The van der Waals surface area contributed by atoms with Crippen molar-refractivity contribution in [3.05, 3.63) is 107 Å². The van der Waals surface area contributed by atoms with E-state index in [1.165, 1.54) is 5.57 Å². The molecule has 4 unspecified atom stereocenters. The molecule has 230 valence electrons. The second-order valence-corrected chi connectivity index (χ2v) is 13.4. The average molecular weight is 592 g/mol. The van der Waals surface area contributed by atoms with Gasteiger partial charge in [0, 0.05) is 23.1 Å². The van der Waals surface area contributed by atoms with Crippen LogP contribution in [0.1, 0.15) is 98.7 Å². The van der Waals surface area contributed by atoms with Gasteiger partial charge in [0.25, 0.3) is 0 Å². The van der Waals surface area contributed by atoms with Crippen LogP contribution < -0.4 is 0 Å². The van der Waals surface area contributed by atoms with Crippen molar-refractivity contribution in [2.45, 2.75) is 89.8 Å². The van der Waals surface area contributed by atoms with E-state index in [1.807, 2.05) is 65.6 Å². The lowest BCUT2D eigenvalue weighted by Crippen LogP contribution is -2.48. The van der Waals surface area contributed by atoms with Crippen LogP contribution in [-0.4, -0.2) is 46.7 Å². The van der Waals surface area contributed by atoms with E-state index < -0.39 is 11.7 Å². The van der Waals surface area contributed by atoms with Crippen LogP contribution in [0.3, 0.4) is 0 Å². The zero-order chi connectivity index (χ0) is 30.9. The van der Waals surface area contributed by atoms with Crippen molar-refractivity contribution >= 4 is 11.9 Å². The molecule has 1 aliphatic heterocycles. The maximum Gasteiger partial charge on any atom is 0.410 e. The van der Waals surface area contributed by atoms with E-state index in [-0.39, 0.29) is 23.2 Å². The Bertz CT molecular complexity index is 1560. The third-order valence-corrected chi connectivity index (χ3v) is 10.6. The van der Waals surface area contributed by atoms with Gasteiger partial charge in [0.2, 0.25) is 0 Å². The van der Waals surface area contributed by atoms with Crippen LogP contribution in [0.4, 0.5) is 4.79 Å². The lowest BCUT2D eigenvalue weighted by atomic mass is 9.64. The quantitative estimate of drug-likeness (QED) is 0.239. The van der Waals surface area contributed by atoms with Crippen LogP contribution in [0.25, 0.3) is 11.1 Å². The molecule has 1 saturated heterocycles. The summed E-state index contributed by atoms with van der Waals surface area (Å²) in [5.41, 5.74) is 5.61. The maximum atomic E-state index is 14.7. The molecule has 1 spiro atoms. The van der Waals surface area contributed by atoms with Crippen LogP contribution in [0, 0.1) is 5.41 Å². The van der Waals surface area contributed by atoms with Crippen molar-refractivity contribution in [2.75, 3.05) is 13.1 Å². The number of aliphatic hydroxyl groups excluding tert-OH is 1. The number of ether oxygens (including phenoxy) is 1. The maximum absolute atomic E-state index is 14.7. The van der Waals surface area contributed by atoms with Gasteiger partial charge in [0.05, 0.1) is 12.6 Å². The van der Waals surface area contributed by atoms with Gasteiger partial charge in [-0.1, -0.05) is 92.2 Å². The monoisotopic (exact) mass is 591 g/mol. The second kappa shape index (κ2) is 12.4. The molecule has 1 N–H and O–H groups in total. The van der Waals surface area contributed by atoms with Crippen molar-refractivity contribution in [2.24, 2.45) is 5.41 Å². The molecule has 4 atom stereocenters. The van der Waals surface area contributed by atoms with Gasteiger partial charge in [0.1, 0.15) is 5.60 Å². The topological polar surface area (TPSA) is 66.8 Å². The normalized spacial score (nSPS) is 27.1. The van der Waals surface area contributed by atoms with Crippen LogP contribution in [0.5, 0.6) is 0 Å². The van der Waals surface area contributed by atoms with Gasteiger partial charge < -0.3 is 14.7 Å². The summed E-state index contributed by atoms with van der Waals surface area (Å²) in [4.78, 5) is 29.8. The minimum atomic E-state index is -0.597. The predicted octanol–water partition coefficient (Wildman–Crippen LogP) is 8.49. The molecule has 1 amide bonds. The number of fused-ring (bicyclic) bond motifs is 8. The van der Waals surface area contributed by atoms with E-state index >= 15 is 0 Å². The third-order valence-electron chi connectivity index (χ3n) is 10.6. The van der Waals surface area contributed by atoms with Crippen LogP contribution in [0.15, 0.2) is 84.4 Å². The Kier molecular flexibility index (Phi) is 8.52. The molecule has 3 aliphatic carbocycles. The summed E-state index contributed by atoms with van der Waals surface area (Å²) in [6, 6.07) is 24.2. The number of aliphatic hydroxyl groups is 1. The number of amides is 1. The summed E-state index contributed by atoms with van der Waals surface area (Å²) < 4.78 is 6.41. The van der Waals surface area contributed by atoms with E-state index in [9.17, 15) is 14.7 Å². The van der Waals surface area contributed by atoms with Gasteiger partial charge in [-0.25, -0.2) is 4.79 Å². The number of carbonyl (C=O) groups is 2. The summed E-state index contributed by atoms with van der Waals surface area (Å²) >= 11 is 0. The molecule has 5 heteroatoms. The fourth-order valence-electron chi connectivity index (χ4n) is 8.12. The van der Waals surface area contributed by atoms with Crippen molar-refractivity contribution in [3.63, 3.8) is 0 Å². The van der Waals surface area contributed by atoms with E-state index in [4.69, 9.17) is 4.74 Å². The average Bonchev–Trinajstić information content (AvgIpc) is 3.50. The number of benzene rings is 3. The lowest BCUT2D eigenvalue weighted by molar-refractivity contribution is -0.0373. The summed E-state index contributed by atoms with van der Waals surface area (Å²) in [5, 5.41) is 11.0. The highest BCUT2D eigenvalue weighted by molar-refractivity contribution is 6.13. The molecule has 5 nitrogen and oxygen atoms in total. The molecule has 3 aromatic carbocycles. The first-order valence-corrected chi connectivity index (χ1v) is 16.4. The van der Waals surface area contributed by atoms with Crippen molar-refractivity contribution < 1.29 is 19.4 Å². The smallest absolute Gasteiger partial charge is 0.410 e. The van der Waals surface area contributed by atoms with Gasteiger partial charge >= 0.3 is 6.09 Å². The van der Waals surface area contributed by atoms with Crippen LogP contribution in [-0.2, 0) is 11.2 Å². The summed E-state index contributed by atoms with van der Waals surface area (Å²) in [6.45, 7) is 7.83. The molecule has 44 heavy (non-hydrogen) atoms. The molecule has 0 radical (unpaired) electrons. The molecule has 2 bridgehead atoms. The second-order valence-electron chi connectivity index (χ2n) is 13.4. The Morgan fingerprint density at radius 3 is 2.57 bits per heavy atom. The number of hydrogen-bond acceptors (Lipinski definition) is 4. The van der Waals surface area contributed by atoms with Crippen molar-refractivity contribution in [1.29, 1.82) is 0 Å². The van der Waals surface area contributed by atoms with E-state index in [2.05, 4.69) is 39.0 Å². The van der Waals surface area contributed by atoms with Crippen molar-refractivity contribution in [3.8, 4) is 11.1 Å². The Balaban J connectivity index is 1.49. The highest BCUT2D eigenvalue weighted by atomic mass is 16.6. The molecule has 7 rings (SSSR count). The summed E-state index contributed by atoms with van der Waals surface area (Å²) in [5.74, 6) is 0.0355. The van der Waals surface area contributed by atoms with Crippen LogP contribution >= 0.6 is 0 Å². The molecular formula is C39H45NO4. The zero-order valence-electron chi connectivity index (χ0n) is 26.4. The highest BCUT2D eigenvalue weighted by Crippen LogP contribution is 2.61. The Morgan fingerprint density at radius 1 is 1.00 bits per heavy atom. The number of carbonyl (C=O) groups excluding carboxylic acids is 2. The zero-order valence-corrected chi connectivity index (χ0v) is 26.4. The lowest BCUT2D eigenvalue weighted by Gasteiger charge is -2.43. The van der Waals surface area contributed by atoms with Gasteiger partial charge in [-0.3, -0.25) is 4.79 Å². The minimum Gasteiger partial charge on any atom is -0.440 e. The molecule has 1 saturated carbocycles. The number of nitrogens with zero attached hydrogens (tertiary/aromatic N) is 1. The molecule has 4 aliphatic rings. The molecule has 0 aromatic heterocycles. The first kappa shape index (κ1) is 30.3. The molecular weight excluding hydrogens is 546 g/mol. The molecule has 1 heterocycles. The number of allylic oxidation sites excluding steroid dienone is 2. The number of rotatable bonds is 5. The van der Waals surface area contributed by atoms with E-state index in [0.717, 1.165) is 60.8 Å². The first-order chi connectivity index (χ1) is 21.2. The highest BCUT2D eigenvalue weighted by Gasteiger charge is 2.63. The summed E-state index contributed by atoms with van der Waals surface area (Å²) in [7, 11) is 0. The first-order valence-electron chi connectivity index (χ1n) is 16.4. The van der Waals surface area contributed by atoms with Gasteiger partial charge in [-0.15, -0.1) is 0 Å². The van der Waals surface area contributed by atoms with E-state index in [0.29, 0.717) is 37.1 Å². The standard InChI is InChI=1S/C39H45NO4/c1-4-23-40-26-39(44-37(40)43)22-20-35-32-19-17-28(24-30(41)18-16-27(2)11-10-21-38(35,39)3)25-34(32)36(42)33-15-9-8-14-31(33)29-12-6-5-7-13-29/h5-9,11-15,17,19,25,30,35,41H,4,10,16,18,20-24,26H2,1-3H3. The largest absolute Gasteiger partial charge is 0.440 e. The van der Waals surface area contributed by atoms with Crippen LogP contribution in [0.2, 0.25) is 0 Å². The van der Waals surface area contributed by atoms with Gasteiger partial charge in [-0.2, -0.15) is 0 Å². The predicted molar refractivity (Wildman–Crippen MR) is 175 cm³/mol. The Labute approximate surface area is 261 Å². The van der Waals surface area contributed by atoms with E-state index in [1.54, 1.807) is 0 Å². The number of ketones is 1. The molecule has 2 fully saturated rings. The van der Waals surface area contributed by atoms with Gasteiger partial charge in [0.15, 0.2) is 5.78 Å². The minimum absolute atomic E-state index is 0.00189. The SMILES string of the molecule is CCCN1CC2(CCC3c4ccc(cc4C(=O)c4ccccc4-c4ccccc4)CC(O)CCC(C)=CCCC32C)OC1=O. The Morgan fingerprint density at radius 2 is 1.77 bits per heavy atom. The molecule has 3 aromatic rings. The van der Waals surface area contributed by atoms with Gasteiger partial charge in [-0.05, 0) is 92.5 Å². The van der Waals surface area contributed by atoms with Crippen molar-refractivity contribution in [1.82, 2.24) is 4.90 Å². The fraction of sp³-hybridized carbons (Fsp3) is 0.436. The number of hydrogen-bond donors (Lipinski definition) is 1. The fourth-order valence-corrected chi connectivity index (χ4v) is 8.12. The summed E-state index contributed by atoms with van der Waals surface area (Å²) in [6.07, 6.45) is 7.85.